The molecule has 0 aromatic carbocycles. The second-order valence-electron chi connectivity index (χ2n) is 7.11. The molecule has 29 heavy (non-hydrogen) atoms. The Morgan fingerprint density at radius 3 is 1.97 bits per heavy atom. The third-order valence-corrected chi connectivity index (χ3v) is 4.75. The third kappa shape index (κ3) is 21.7. The third-order valence-electron chi connectivity index (χ3n) is 4.44. The van der Waals surface area contributed by atoms with Gasteiger partial charge >= 0.3 is 11.9 Å². The number of aliphatic carboxylic acids is 1. The molecule has 0 radical (unpaired) electrons. The molecule has 0 rings (SSSR count). The van der Waals surface area contributed by atoms with Gasteiger partial charge in [0.25, 0.3) is 0 Å². The number of aliphatic hydroxyl groups excluding tert-OH is 1. The molecule has 0 heterocycles. The summed E-state index contributed by atoms with van der Waals surface area (Å²) in [7, 11) is 0. The van der Waals surface area contributed by atoms with Crippen LogP contribution in [0.15, 0.2) is 0 Å². The summed E-state index contributed by atoms with van der Waals surface area (Å²) in [6.45, 7) is 1.24. The Morgan fingerprint density at radius 1 is 0.793 bits per heavy atom. The van der Waals surface area contributed by atoms with E-state index in [1.54, 1.807) is 0 Å². The fraction of sp³-hybridized carbons (Fsp3) is 0.905. The number of aliphatic hydroxyl groups is 1. The van der Waals surface area contributed by atoms with Crippen molar-refractivity contribution in [2.45, 2.75) is 83.2 Å². The number of unbranched alkanes of at least 4 members (excludes halogenated alkanes) is 8. The summed E-state index contributed by atoms with van der Waals surface area (Å²) in [5.74, 6) is -0.540. The molecule has 0 aromatic heterocycles. The molecule has 0 aliphatic heterocycles. The monoisotopic (exact) mass is 436 g/mol. The SMILES string of the molecule is O=C(O)CCC(=O)OC(CCCCCCCCCCCS)COCCOCCO. The second-order valence-corrected chi connectivity index (χ2v) is 7.56. The quantitative estimate of drug-likeness (QED) is 0.135. The van der Waals surface area contributed by atoms with Crippen LogP contribution in [0.4, 0.5) is 0 Å². The number of esters is 1. The zero-order valence-electron chi connectivity index (χ0n) is 17.7. The summed E-state index contributed by atoms with van der Waals surface area (Å²) in [6.07, 6.45) is 10.7. The molecule has 0 aliphatic carbocycles. The number of carboxylic acids is 1. The first-order chi connectivity index (χ1) is 14.1. The van der Waals surface area contributed by atoms with E-state index < -0.39 is 11.9 Å². The molecule has 0 spiro atoms. The summed E-state index contributed by atoms with van der Waals surface area (Å²) < 4.78 is 16.0. The Kier molecular flexibility index (Phi) is 21.2. The van der Waals surface area contributed by atoms with E-state index >= 15 is 0 Å². The van der Waals surface area contributed by atoms with E-state index in [1.165, 1.54) is 44.9 Å². The van der Waals surface area contributed by atoms with Gasteiger partial charge in [0.05, 0.1) is 45.9 Å². The highest BCUT2D eigenvalue weighted by molar-refractivity contribution is 7.80. The van der Waals surface area contributed by atoms with Crippen molar-refractivity contribution in [1.29, 1.82) is 0 Å². The minimum atomic E-state index is -1.01. The molecule has 1 unspecified atom stereocenters. The zero-order chi connectivity index (χ0) is 21.6. The molecular weight excluding hydrogens is 396 g/mol. The van der Waals surface area contributed by atoms with Crippen molar-refractivity contribution in [3.05, 3.63) is 0 Å². The molecule has 0 amide bonds. The van der Waals surface area contributed by atoms with Crippen molar-refractivity contribution >= 4 is 24.6 Å². The average Bonchev–Trinajstić information content (AvgIpc) is 2.70. The van der Waals surface area contributed by atoms with Gasteiger partial charge in [-0.05, 0) is 25.0 Å². The van der Waals surface area contributed by atoms with Gasteiger partial charge in [-0.25, -0.2) is 0 Å². The largest absolute Gasteiger partial charge is 0.481 e. The van der Waals surface area contributed by atoms with Crippen LogP contribution in [0, 0.1) is 0 Å². The lowest BCUT2D eigenvalue weighted by Gasteiger charge is -2.18. The Hall–Kier alpha value is -0.830. The van der Waals surface area contributed by atoms with E-state index in [0.717, 1.165) is 18.6 Å². The van der Waals surface area contributed by atoms with Gasteiger partial charge in [0.15, 0.2) is 0 Å². The van der Waals surface area contributed by atoms with E-state index in [9.17, 15) is 9.59 Å². The fourth-order valence-electron chi connectivity index (χ4n) is 2.85. The molecule has 7 nitrogen and oxygen atoms in total. The van der Waals surface area contributed by atoms with Crippen LogP contribution >= 0.6 is 12.6 Å². The van der Waals surface area contributed by atoms with Crippen LogP contribution in [0.1, 0.15) is 77.0 Å². The lowest BCUT2D eigenvalue weighted by Crippen LogP contribution is -2.25. The molecule has 2 N–H and O–H groups in total. The van der Waals surface area contributed by atoms with E-state index in [4.69, 9.17) is 24.4 Å². The van der Waals surface area contributed by atoms with Gasteiger partial charge in [0.2, 0.25) is 0 Å². The average molecular weight is 437 g/mol. The summed E-state index contributed by atoms with van der Waals surface area (Å²) in [5, 5.41) is 17.3. The maximum Gasteiger partial charge on any atom is 0.306 e. The fourth-order valence-corrected chi connectivity index (χ4v) is 3.07. The first-order valence-corrected chi connectivity index (χ1v) is 11.5. The number of ether oxygens (including phenoxy) is 3. The molecule has 0 saturated carbocycles. The Balaban J connectivity index is 3.94. The number of hydrogen-bond acceptors (Lipinski definition) is 7. The molecule has 0 bridgehead atoms. The highest BCUT2D eigenvalue weighted by atomic mass is 32.1. The number of rotatable bonds is 22. The summed E-state index contributed by atoms with van der Waals surface area (Å²) in [5.41, 5.74) is 0. The molecule has 172 valence electrons. The predicted molar refractivity (Wildman–Crippen MR) is 115 cm³/mol. The van der Waals surface area contributed by atoms with Crippen LogP contribution in [0.3, 0.4) is 0 Å². The van der Waals surface area contributed by atoms with Crippen molar-refractivity contribution < 1.29 is 34.0 Å². The topological polar surface area (TPSA) is 102 Å². The highest BCUT2D eigenvalue weighted by Gasteiger charge is 2.15. The predicted octanol–water partition coefficient (Wildman–Crippen LogP) is 3.62. The number of carbonyl (C=O) groups excluding carboxylic acids is 1. The van der Waals surface area contributed by atoms with Gasteiger partial charge in [-0.15, -0.1) is 0 Å². The summed E-state index contributed by atoms with van der Waals surface area (Å²) >= 11 is 4.22. The van der Waals surface area contributed by atoms with Crippen molar-refractivity contribution in [3.63, 3.8) is 0 Å². The first kappa shape index (κ1) is 28.2. The van der Waals surface area contributed by atoms with Gasteiger partial charge in [-0.2, -0.15) is 12.6 Å². The normalized spacial score (nSPS) is 12.1. The zero-order valence-corrected chi connectivity index (χ0v) is 18.6. The highest BCUT2D eigenvalue weighted by Crippen LogP contribution is 2.13. The molecule has 8 heteroatoms. The number of carboxylic acid groups (broad SMARTS) is 1. The van der Waals surface area contributed by atoms with Crippen LogP contribution in [0.25, 0.3) is 0 Å². The Morgan fingerprint density at radius 2 is 1.38 bits per heavy atom. The molecule has 0 aliphatic rings. The van der Waals surface area contributed by atoms with Crippen molar-refractivity contribution in [1.82, 2.24) is 0 Å². The molecule has 0 aromatic rings. The minimum absolute atomic E-state index is 0.0283. The maximum absolute atomic E-state index is 11.8. The summed E-state index contributed by atoms with van der Waals surface area (Å²) in [6, 6.07) is 0. The lowest BCUT2D eigenvalue weighted by atomic mass is 10.1. The molecule has 0 saturated heterocycles. The van der Waals surface area contributed by atoms with Gasteiger partial charge in [-0.3, -0.25) is 9.59 Å². The summed E-state index contributed by atoms with van der Waals surface area (Å²) in [4.78, 5) is 22.4. The van der Waals surface area contributed by atoms with E-state index in [1.807, 2.05) is 0 Å². The van der Waals surface area contributed by atoms with Crippen LogP contribution in [-0.4, -0.2) is 67.0 Å². The van der Waals surface area contributed by atoms with Gasteiger partial charge in [-0.1, -0.05) is 44.9 Å². The van der Waals surface area contributed by atoms with Crippen molar-refractivity contribution in [2.75, 3.05) is 38.8 Å². The molecule has 0 fully saturated rings. The lowest BCUT2D eigenvalue weighted by molar-refractivity contribution is -0.155. The first-order valence-electron chi connectivity index (χ1n) is 10.9. The number of thiol groups is 1. The van der Waals surface area contributed by atoms with Crippen LogP contribution in [0.2, 0.25) is 0 Å². The van der Waals surface area contributed by atoms with Crippen molar-refractivity contribution in [3.8, 4) is 0 Å². The van der Waals surface area contributed by atoms with E-state index in [-0.39, 0.29) is 38.8 Å². The van der Waals surface area contributed by atoms with Crippen molar-refractivity contribution in [2.24, 2.45) is 0 Å². The second kappa shape index (κ2) is 21.9. The minimum Gasteiger partial charge on any atom is -0.481 e. The Labute approximate surface area is 180 Å². The number of hydrogen-bond donors (Lipinski definition) is 3. The smallest absolute Gasteiger partial charge is 0.306 e. The van der Waals surface area contributed by atoms with Crippen LogP contribution < -0.4 is 0 Å². The van der Waals surface area contributed by atoms with E-state index in [2.05, 4.69) is 12.6 Å². The number of carbonyl (C=O) groups is 2. The Bertz CT molecular complexity index is 393. The van der Waals surface area contributed by atoms with Crippen LogP contribution in [0.5, 0.6) is 0 Å². The van der Waals surface area contributed by atoms with Gasteiger partial charge in [0.1, 0.15) is 6.10 Å². The van der Waals surface area contributed by atoms with Crippen LogP contribution in [-0.2, 0) is 23.8 Å². The standard InChI is InChI=1S/C21H40O7S/c22-13-14-26-15-16-27-18-19(28-21(25)12-11-20(23)24)10-8-6-4-2-1-3-5-7-9-17-29/h19,22,29H,1-18H2,(H,23,24). The molecule has 1 atom stereocenters. The maximum atomic E-state index is 11.8. The molecular formula is C21H40O7S. The van der Waals surface area contributed by atoms with Gasteiger partial charge in [0, 0.05) is 0 Å². The van der Waals surface area contributed by atoms with E-state index in [0.29, 0.717) is 19.6 Å². The van der Waals surface area contributed by atoms with Gasteiger partial charge < -0.3 is 24.4 Å².